The molecule has 2 N–H and O–H groups in total. The van der Waals surface area contributed by atoms with Crippen molar-refractivity contribution in [2.24, 2.45) is 0 Å². The van der Waals surface area contributed by atoms with Crippen LogP contribution in [-0.4, -0.2) is 22.9 Å². The molecule has 1 aromatic carbocycles. The summed E-state index contributed by atoms with van der Waals surface area (Å²) in [5.74, 6) is 1.18. The number of ether oxygens (including phenoxy) is 1. The normalized spacial score (nSPS) is 18.9. The Kier molecular flexibility index (Phi) is 3.92. The fourth-order valence-corrected chi connectivity index (χ4v) is 2.77. The Bertz CT molecular complexity index is 630. The Hall–Kier alpha value is -1.88. The molecular weight excluding hydrogens is 266 g/mol. The van der Waals surface area contributed by atoms with Crippen LogP contribution in [0.25, 0.3) is 11.5 Å². The first kappa shape index (κ1) is 14.1. The highest BCUT2D eigenvalue weighted by molar-refractivity contribution is 5.74. The Morgan fingerprint density at radius 1 is 1.29 bits per heavy atom. The first-order valence-corrected chi connectivity index (χ1v) is 7.45. The molecule has 1 unspecified atom stereocenters. The van der Waals surface area contributed by atoms with Gasteiger partial charge in [-0.05, 0) is 50.3 Å². The summed E-state index contributed by atoms with van der Waals surface area (Å²) < 4.78 is 11.1. The van der Waals surface area contributed by atoms with Crippen molar-refractivity contribution in [3.63, 3.8) is 0 Å². The van der Waals surface area contributed by atoms with E-state index in [0.717, 1.165) is 36.1 Å². The van der Waals surface area contributed by atoms with Crippen LogP contribution in [0.2, 0.25) is 0 Å². The van der Waals surface area contributed by atoms with Crippen molar-refractivity contribution in [2.75, 3.05) is 12.3 Å². The Balaban J connectivity index is 1.81. The van der Waals surface area contributed by atoms with Crippen LogP contribution in [0, 0.1) is 13.8 Å². The van der Waals surface area contributed by atoms with Gasteiger partial charge in [-0.15, -0.1) is 0 Å². The predicted molar refractivity (Wildman–Crippen MR) is 80.9 cm³/mol. The number of aryl methyl sites for hydroxylation is 2. The number of hydrogen-bond donors (Lipinski definition) is 1. The summed E-state index contributed by atoms with van der Waals surface area (Å²) in [6, 6.07) is 4.03. The lowest BCUT2D eigenvalue weighted by Crippen LogP contribution is -2.21. The van der Waals surface area contributed by atoms with Crippen molar-refractivity contribution in [1.82, 2.24) is 10.1 Å². The predicted octanol–water partition coefficient (Wildman–Crippen LogP) is 3.05. The minimum Gasteiger partial charge on any atom is -0.398 e. The second-order valence-electron chi connectivity index (χ2n) is 5.75. The SMILES string of the molecule is Cc1cc(C)c(N)c(-c2nc(CC3CCCCO3)no2)c1. The summed E-state index contributed by atoms with van der Waals surface area (Å²) in [4.78, 5) is 4.48. The molecule has 3 rings (SSSR count). The Labute approximate surface area is 124 Å². The molecule has 2 heterocycles. The highest BCUT2D eigenvalue weighted by Gasteiger charge is 2.19. The number of aromatic nitrogens is 2. The fraction of sp³-hybridized carbons (Fsp3) is 0.500. The van der Waals surface area contributed by atoms with E-state index in [1.807, 2.05) is 26.0 Å². The third-order valence-corrected chi connectivity index (χ3v) is 3.91. The molecule has 1 saturated heterocycles. The first-order valence-electron chi connectivity index (χ1n) is 7.45. The molecule has 0 spiro atoms. The van der Waals surface area contributed by atoms with Gasteiger partial charge in [0.2, 0.25) is 0 Å². The second-order valence-corrected chi connectivity index (χ2v) is 5.75. The summed E-state index contributed by atoms with van der Waals surface area (Å²) in [6.45, 7) is 4.85. The minimum atomic E-state index is 0.209. The van der Waals surface area contributed by atoms with Gasteiger partial charge in [-0.25, -0.2) is 0 Å². The van der Waals surface area contributed by atoms with Gasteiger partial charge in [-0.2, -0.15) is 4.98 Å². The Morgan fingerprint density at radius 3 is 2.90 bits per heavy atom. The molecule has 0 radical (unpaired) electrons. The number of nitrogen functional groups attached to an aromatic ring is 1. The van der Waals surface area contributed by atoms with E-state index in [-0.39, 0.29) is 6.10 Å². The number of benzene rings is 1. The Morgan fingerprint density at radius 2 is 2.14 bits per heavy atom. The highest BCUT2D eigenvalue weighted by atomic mass is 16.5. The zero-order valence-electron chi connectivity index (χ0n) is 12.6. The number of anilines is 1. The van der Waals surface area contributed by atoms with Gasteiger partial charge in [0.25, 0.3) is 5.89 Å². The summed E-state index contributed by atoms with van der Waals surface area (Å²) in [6.07, 6.45) is 4.33. The van der Waals surface area contributed by atoms with E-state index in [1.165, 1.54) is 6.42 Å². The molecule has 2 aromatic rings. The molecule has 21 heavy (non-hydrogen) atoms. The van der Waals surface area contributed by atoms with Gasteiger partial charge in [-0.3, -0.25) is 0 Å². The average Bonchev–Trinajstić information content (AvgIpc) is 2.92. The van der Waals surface area contributed by atoms with Crippen molar-refractivity contribution in [3.05, 3.63) is 29.1 Å². The molecule has 112 valence electrons. The number of nitrogens with zero attached hydrogens (tertiary/aromatic N) is 2. The van der Waals surface area contributed by atoms with Crippen LogP contribution in [0.5, 0.6) is 0 Å². The molecule has 1 aliphatic rings. The van der Waals surface area contributed by atoms with Gasteiger partial charge >= 0.3 is 0 Å². The summed E-state index contributed by atoms with van der Waals surface area (Å²) in [7, 11) is 0. The maximum atomic E-state index is 6.12. The number of hydrogen-bond acceptors (Lipinski definition) is 5. The van der Waals surface area contributed by atoms with Gasteiger partial charge in [0.05, 0.1) is 11.7 Å². The largest absolute Gasteiger partial charge is 0.398 e. The summed E-state index contributed by atoms with van der Waals surface area (Å²) >= 11 is 0. The third-order valence-electron chi connectivity index (χ3n) is 3.91. The quantitative estimate of drug-likeness (QED) is 0.878. The first-order chi connectivity index (χ1) is 10.1. The monoisotopic (exact) mass is 287 g/mol. The van der Waals surface area contributed by atoms with E-state index in [0.29, 0.717) is 23.8 Å². The standard InChI is InChI=1S/C16H21N3O2/c1-10-7-11(2)15(17)13(8-10)16-18-14(19-21-16)9-12-5-3-4-6-20-12/h7-8,12H,3-6,9,17H2,1-2H3. The molecule has 5 heteroatoms. The molecule has 1 fully saturated rings. The highest BCUT2D eigenvalue weighted by Crippen LogP contribution is 2.29. The van der Waals surface area contributed by atoms with E-state index in [1.54, 1.807) is 0 Å². The maximum Gasteiger partial charge on any atom is 0.260 e. The maximum absolute atomic E-state index is 6.12. The summed E-state index contributed by atoms with van der Waals surface area (Å²) in [5, 5.41) is 4.07. The smallest absolute Gasteiger partial charge is 0.260 e. The topological polar surface area (TPSA) is 74.2 Å². The second kappa shape index (κ2) is 5.85. The van der Waals surface area contributed by atoms with Crippen LogP contribution in [0.4, 0.5) is 5.69 Å². The lowest BCUT2D eigenvalue weighted by Gasteiger charge is -2.20. The van der Waals surface area contributed by atoms with Crippen molar-refractivity contribution in [1.29, 1.82) is 0 Å². The lowest BCUT2D eigenvalue weighted by molar-refractivity contribution is 0.0153. The van der Waals surface area contributed by atoms with Crippen molar-refractivity contribution in [3.8, 4) is 11.5 Å². The molecular formula is C16H21N3O2. The average molecular weight is 287 g/mol. The molecule has 0 aliphatic carbocycles. The van der Waals surface area contributed by atoms with Crippen LogP contribution in [0.15, 0.2) is 16.7 Å². The van der Waals surface area contributed by atoms with Crippen molar-refractivity contribution in [2.45, 2.75) is 45.6 Å². The van der Waals surface area contributed by atoms with Gasteiger partial charge in [0, 0.05) is 18.7 Å². The van der Waals surface area contributed by atoms with E-state index < -0.39 is 0 Å². The summed E-state index contributed by atoms with van der Waals surface area (Å²) in [5.41, 5.74) is 9.80. The number of nitrogens with two attached hydrogens (primary N) is 1. The van der Waals surface area contributed by atoms with Crippen LogP contribution in [0.3, 0.4) is 0 Å². The van der Waals surface area contributed by atoms with Gasteiger partial charge in [-0.1, -0.05) is 11.2 Å². The molecule has 1 aromatic heterocycles. The number of rotatable bonds is 3. The van der Waals surface area contributed by atoms with Crippen LogP contribution < -0.4 is 5.73 Å². The van der Waals surface area contributed by atoms with Crippen LogP contribution in [0.1, 0.15) is 36.2 Å². The molecule has 0 amide bonds. The lowest BCUT2D eigenvalue weighted by atomic mass is 10.0. The van der Waals surface area contributed by atoms with Crippen molar-refractivity contribution < 1.29 is 9.26 Å². The zero-order valence-corrected chi connectivity index (χ0v) is 12.6. The molecule has 0 bridgehead atoms. The van der Waals surface area contributed by atoms with Crippen LogP contribution >= 0.6 is 0 Å². The van der Waals surface area contributed by atoms with Gasteiger partial charge in [0.1, 0.15) is 0 Å². The van der Waals surface area contributed by atoms with E-state index in [9.17, 15) is 0 Å². The minimum absolute atomic E-state index is 0.209. The molecule has 5 nitrogen and oxygen atoms in total. The van der Waals surface area contributed by atoms with E-state index in [2.05, 4.69) is 10.1 Å². The van der Waals surface area contributed by atoms with E-state index in [4.69, 9.17) is 15.0 Å². The van der Waals surface area contributed by atoms with Gasteiger partial charge in [0.15, 0.2) is 5.82 Å². The molecule has 0 saturated carbocycles. The molecule has 1 atom stereocenters. The fourth-order valence-electron chi connectivity index (χ4n) is 2.77. The van der Waals surface area contributed by atoms with E-state index >= 15 is 0 Å². The van der Waals surface area contributed by atoms with Gasteiger partial charge < -0.3 is 15.0 Å². The van der Waals surface area contributed by atoms with Crippen molar-refractivity contribution >= 4 is 5.69 Å². The third kappa shape index (κ3) is 3.08. The van der Waals surface area contributed by atoms with Crippen LogP contribution in [-0.2, 0) is 11.2 Å². The zero-order chi connectivity index (χ0) is 14.8. The molecule has 1 aliphatic heterocycles.